The van der Waals surface area contributed by atoms with Crippen molar-refractivity contribution in [2.24, 2.45) is 5.92 Å². The van der Waals surface area contributed by atoms with Crippen LogP contribution >= 0.6 is 0 Å². The molecule has 0 heterocycles. The van der Waals surface area contributed by atoms with Crippen molar-refractivity contribution in [3.8, 4) is 0 Å². The third-order valence-corrected chi connectivity index (χ3v) is 2.87. The van der Waals surface area contributed by atoms with Crippen LogP contribution in [0.25, 0.3) is 0 Å². The number of nitrogens with zero attached hydrogens (tertiary/aromatic N) is 1. The second-order valence-electron chi connectivity index (χ2n) is 3.97. The van der Waals surface area contributed by atoms with Crippen LogP contribution in [0.2, 0.25) is 0 Å². The van der Waals surface area contributed by atoms with Crippen LogP contribution in [0, 0.1) is 12.8 Å². The van der Waals surface area contributed by atoms with Crippen LogP contribution in [-0.4, -0.2) is 24.7 Å². The van der Waals surface area contributed by atoms with Crippen molar-refractivity contribution in [3.63, 3.8) is 0 Å². The standard InChI is InChI=1S/C13H19NO2/c1-4-11(9-15)13(16)14(3)12-8-6-5-7-10(12)2/h5-8,11,15H,4,9H2,1-3H3. The zero-order chi connectivity index (χ0) is 12.1. The monoisotopic (exact) mass is 221 g/mol. The normalized spacial score (nSPS) is 12.2. The summed E-state index contributed by atoms with van der Waals surface area (Å²) >= 11 is 0. The fourth-order valence-corrected chi connectivity index (χ4v) is 1.71. The molecule has 0 aliphatic carbocycles. The van der Waals surface area contributed by atoms with Crippen molar-refractivity contribution in [2.45, 2.75) is 20.3 Å². The van der Waals surface area contributed by atoms with Gasteiger partial charge in [-0.3, -0.25) is 4.79 Å². The first kappa shape index (κ1) is 12.7. The van der Waals surface area contributed by atoms with Gasteiger partial charge in [-0.1, -0.05) is 25.1 Å². The molecule has 0 radical (unpaired) electrons. The van der Waals surface area contributed by atoms with Gasteiger partial charge in [-0.05, 0) is 25.0 Å². The minimum Gasteiger partial charge on any atom is -0.396 e. The van der Waals surface area contributed by atoms with Crippen molar-refractivity contribution in [3.05, 3.63) is 29.8 Å². The molecule has 0 saturated carbocycles. The molecule has 1 N–H and O–H groups in total. The number of anilines is 1. The number of hydrogen-bond acceptors (Lipinski definition) is 2. The lowest BCUT2D eigenvalue weighted by Crippen LogP contribution is -2.34. The van der Waals surface area contributed by atoms with Crippen LogP contribution in [0.4, 0.5) is 5.69 Å². The van der Waals surface area contributed by atoms with E-state index < -0.39 is 0 Å². The average Bonchev–Trinajstić information content (AvgIpc) is 2.30. The molecule has 0 aromatic heterocycles. The average molecular weight is 221 g/mol. The second kappa shape index (κ2) is 5.66. The van der Waals surface area contributed by atoms with Gasteiger partial charge in [0, 0.05) is 12.7 Å². The number of amides is 1. The highest BCUT2D eigenvalue weighted by Crippen LogP contribution is 2.20. The van der Waals surface area contributed by atoms with Gasteiger partial charge in [-0.2, -0.15) is 0 Å². The summed E-state index contributed by atoms with van der Waals surface area (Å²) in [7, 11) is 1.75. The van der Waals surface area contributed by atoms with Gasteiger partial charge in [-0.15, -0.1) is 0 Å². The molecule has 0 fully saturated rings. The second-order valence-corrected chi connectivity index (χ2v) is 3.97. The molecule has 16 heavy (non-hydrogen) atoms. The SMILES string of the molecule is CCC(CO)C(=O)N(C)c1ccccc1C. The Morgan fingerprint density at radius 3 is 2.56 bits per heavy atom. The first-order valence-electron chi connectivity index (χ1n) is 5.55. The van der Waals surface area contributed by atoms with Crippen LogP contribution in [0.1, 0.15) is 18.9 Å². The molecule has 3 nitrogen and oxygen atoms in total. The predicted octanol–water partition coefficient (Wildman–Crippen LogP) is 1.98. The highest BCUT2D eigenvalue weighted by molar-refractivity contribution is 5.95. The number of benzene rings is 1. The molecule has 3 heteroatoms. The number of carbonyl (C=O) groups excluding carboxylic acids is 1. The molecule has 0 aliphatic rings. The number of carbonyl (C=O) groups is 1. The third-order valence-electron chi connectivity index (χ3n) is 2.87. The molecular weight excluding hydrogens is 202 g/mol. The topological polar surface area (TPSA) is 40.5 Å². The van der Waals surface area contributed by atoms with Crippen LogP contribution in [0.3, 0.4) is 0 Å². The number of rotatable bonds is 4. The maximum Gasteiger partial charge on any atom is 0.232 e. The highest BCUT2D eigenvalue weighted by atomic mass is 16.3. The Kier molecular flexibility index (Phi) is 4.50. The van der Waals surface area contributed by atoms with E-state index >= 15 is 0 Å². The summed E-state index contributed by atoms with van der Waals surface area (Å²) < 4.78 is 0. The van der Waals surface area contributed by atoms with Crippen LogP contribution in [0.15, 0.2) is 24.3 Å². The fourth-order valence-electron chi connectivity index (χ4n) is 1.71. The number of aliphatic hydroxyl groups is 1. The summed E-state index contributed by atoms with van der Waals surface area (Å²) in [6, 6.07) is 7.74. The Morgan fingerprint density at radius 1 is 1.44 bits per heavy atom. The van der Waals surface area contributed by atoms with Gasteiger partial charge >= 0.3 is 0 Å². The van der Waals surface area contributed by atoms with E-state index in [1.807, 2.05) is 38.1 Å². The Labute approximate surface area is 96.7 Å². The molecule has 1 amide bonds. The van der Waals surface area contributed by atoms with E-state index in [2.05, 4.69) is 0 Å². The number of aryl methyl sites for hydroxylation is 1. The molecule has 0 aliphatic heterocycles. The van der Waals surface area contributed by atoms with Crippen molar-refractivity contribution < 1.29 is 9.90 Å². The number of para-hydroxylation sites is 1. The Balaban J connectivity index is 2.90. The lowest BCUT2D eigenvalue weighted by molar-refractivity contribution is -0.123. The molecule has 88 valence electrons. The molecule has 0 spiro atoms. The van der Waals surface area contributed by atoms with Crippen LogP contribution < -0.4 is 4.90 Å². The molecule has 1 aromatic rings. The van der Waals surface area contributed by atoms with Gasteiger partial charge in [0.1, 0.15) is 0 Å². The Bertz CT molecular complexity index is 359. The van der Waals surface area contributed by atoms with E-state index in [0.29, 0.717) is 6.42 Å². The molecule has 0 saturated heterocycles. The van der Waals surface area contributed by atoms with Crippen LogP contribution in [0.5, 0.6) is 0 Å². The first-order chi connectivity index (χ1) is 7.61. The van der Waals surface area contributed by atoms with Crippen molar-refractivity contribution in [1.82, 2.24) is 0 Å². The number of aliphatic hydroxyl groups excluding tert-OH is 1. The summed E-state index contributed by atoms with van der Waals surface area (Å²) in [5.74, 6) is -0.330. The predicted molar refractivity (Wildman–Crippen MR) is 65.5 cm³/mol. The lowest BCUT2D eigenvalue weighted by atomic mass is 10.1. The third kappa shape index (κ3) is 2.61. The van der Waals surface area contributed by atoms with Gasteiger partial charge in [0.2, 0.25) is 5.91 Å². The molecular formula is C13H19NO2. The first-order valence-corrected chi connectivity index (χ1v) is 5.55. The molecule has 1 unspecified atom stereocenters. The van der Waals surface area contributed by atoms with E-state index in [4.69, 9.17) is 5.11 Å². The van der Waals surface area contributed by atoms with Gasteiger partial charge in [0.05, 0.1) is 12.5 Å². The van der Waals surface area contributed by atoms with E-state index in [-0.39, 0.29) is 18.4 Å². The van der Waals surface area contributed by atoms with Gasteiger partial charge in [0.15, 0.2) is 0 Å². The number of hydrogen-bond donors (Lipinski definition) is 1. The summed E-state index contributed by atoms with van der Waals surface area (Å²) in [4.78, 5) is 13.6. The summed E-state index contributed by atoms with van der Waals surface area (Å²) in [5.41, 5.74) is 1.96. The maximum atomic E-state index is 12.0. The molecule has 0 bridgehead atoms. The van der Waals surface area contributed by atoms with Gasteiger partial charge in [0.25, 0.3) is 0 Å². The zero-order valence-electron chi connectivity index (χ0n) is 10.1. The molecule has 1 atom stereocenters. The Hall–Kier alpha value is -1.35. The van der Waals surface area contributed by atoms with Crippen LogP contribution in [-0.2, 0) is 4.79 Å². The molecule has 1 aromatic carbocycles. The smallest absolute Gasteiger partial charge is 0.232 e. The fraction of sp³-hybridized carbons (Fsp3) is 0.462. The quantitative estimate of drug-likeness (QED) is 0.844. The van der Waals surface area contributed by atoms with E-state index in [0.717, 1.165) is 11.3 Å². The largest absolute Gasteiger partial charge is 0.396 e. The maximum absolute atomic E-state index is 12.0. The van der Waals surface area contributed by atoms with E-state index in [1.54, 1.807) is 11.9 Å². The lowest BCUT2D eigenvalue weighted by Gasteiger charge is -2.23. The zero-order valence-corrected chi connectivity index (χ0v) is 10.1. The summed E-state index contributed by atoms with van der Waals surface area (Å²) in [5, 5.41) is 9.11. The van der Waals surface area contributed by atoms with Crippen molar-refractivity contribution in [2.75, 3.05) is 18.6 Å². The Morgan fingerprint density at radius 2 is 2.06 bits per heavy atom. The van der Waals surface area contributed by atoms with Crippen molar-refractivity contribution >= 4 is 11.6 Å². The van der Waals surface area contributed by atoms with Gasteiger partial charge in [-0.25, -0.2) is 0 Å². The minimum absolute atomic E-state index is 0.0284. The van der Waals surface area contributed by atoms with Crippen molar-refractivity contribution in [1.29, 1.82) is 0 Å². The summed E-state index contributed by atoms with van der Waals surface area (Å²) in [6.07, 6.45) is 0.658. The molecule has 1 rings (SSSR count). The van der Waals surface area contributed by atoms with E-state index in [1.165, 1.54) is 0 Å². The minimum atomic E-state index is -0.301. The highest BCUT2D eigenvalue weighted by Gasteiger charge is 2.21. The van der Waals surface area contributed by atoms with E-state index in [9.17, 15) is 4.79 Å². The summed E-state index contributed by atoms with van der Waals surface area (Å²) in [6.45, 7) is 3.79. The van der Waals surface area contributed by atoms with Gasteiger partial charge < -0.3 is 10.0 Å².